The molecule has 0 saturated carbocycles. The quantitative estimate of drug-likeness (QED) is 0.767. The second-order valence-corrected chi connectivity index (χ2v) is 8.65. The third kappa shape index (κ3) is 4.37. The van der Waals surface area contributed by atoms with E-state index in [1.807, 2.05) is 17.9 Å². The maximum absolute atomic E-state index is 13.1. The zero-order valence-electron chi connectivity index (χ0n) is 16.5. The standard InChI is InChI=1S/C21H29N3O2S/c1-4-6-8-15(5-2)20(25)24-12-7-9-16-13-17(10-11-18(16)24)19-14(3)27-21(26)23-22-19/h10-11,13-15H,4-9,12H2,1-3H3,(H,23,26). The lowest BCUT2D eigenvalue weighted by atomic mass is 9.93. The Morgan fingerprint density at radius 2 is 2.22 bits per heavy atom. The van der Waals surface area contributed by atoms with Gasteiger partial charge in [0.15, 0.2) is 0 Å². The van der Waals surface area contributed by atoms with Gasteiger partial charge in [0.25, 0.3) is 5.24 Å². The van der Waals surface area contributed by atoms with Crippen LogP contribution in [0.4, 0.5) is 10.5 Å². The molecule has 0 aromatic heterocycles. The van der Waals surface area contributed by atoms with Crippen molar-refractivity contribution < 1.29 is 9.59 Å². The number of hydrogen-bond donors (Lipinski definition) is 1. The highest BCUT2D eigenvalue weighted by atomic mass is 32.2. The van der Waals surface area contributed by atoms with Gasteiger partial charge >= 0.3 is 0 Å². The Morgan fingerprint density at radius 3 is 2.93 bits per heavy atom. The van der Waals surface area contributed by atoms with Crippen molar-refractivity contribution in [3.63, 3.8) is 0 Å². The fourth-order valence-electron chi connectivity index (χ4n) is 3.90. The fourth-order valence-corrected chi connectivity index (χ4v) is 4.62. The molecule has 1 aromatic rings. The average Bonchev–Trinajstić information content (AvgIpc) is 2.67. The zero-order valence-corrected chi connectivity index (χ0v) is 17.3. The molecule has 6 heteroatoms. The van der Waals surface area contributed by atoms with Crippen LogP contribution >= 0.6 is 11.8 Å². The Bertz CT molecular complexity index is 747. The van der Waals surface area contributed by atoms with Crippen LogP contribution in [0.15, 0.2) is 23.3 Å². The van der Waals surface area contributed by atoms with Gasteiger partial charge in [-0.2, -0.15) is 5.10 Å². The van der Waals surface area contributed by atoms with Crippen molar-refractivity contribution in [2.75, 3.05) is 11.4 Å². The number of unbranched alkanes of at least 4 members (excludes halogenated alkanes) is 1. The number of hydrazone groups is 1. The summed E-state index contributed by atoms with van der Waals surface area (Å²) in [4.78, 5) is 26.6. The number of amides is 2. The summed E-state index contributed by atoms with van der Waals surface area (Å²) in [5, 5.41) is 4.17. The summed E-state index contributed by atoms with van der Waals surface area (Å²) in [6.45, 7) is 7.08. The summed E-state index contributed by atoms with van der Waals surface area (Å²) in [5.41, 5.74) is 6.73. The number of thioether (sulfide) groups is 1. The summed E-state index contributed by atoms with van der Waals surface area (Å²) in [5.74, 6) is 0.385. The van der Waals surface area contributed by atoms with E-state index < -0.39 is 0 Å². The molecular weight excluding hydrogens is 358 g/mol. The van der Waals surface area contributed by atoms with Crippen LogP contribution in [-0.4, -0.2) is 28.7 Å². The van der Waals surface area contributed by atoms with E-state index in [9.17, 15) is 9.59 Å². The first-order valence-corrected chi connectivity index (χ1v) is 10.9. The zero-order chi connectivity index (χ0) is 19.4. The van der Waals surface area contributed by atoms with Gasteiger partial charge in [-0.25, -0.2) is 5.43 Å². The van der Waals surface area contributed by atoms with Crippen LogP contribution in [0.3, 0.4) is 0 Å². The summed E-state index contributed by atoms with van der Waals surface area (Å²) >= 11 is 1.26. The number of rotatable bonds is 6. The number of carbonyl (C=O) groups excluding carboxylic acids is 2. The molecule has 0 fully saturated rings. The molecule has 2 aliphatic heterocycles. The van der Waals surface area contributed by atoms with E-state index >= 15 is 0 Å². The van der Waals surface area contributed by atoms with Gasteiger partial charge in [-0.1, -0.05) is 44.5 Å². The van der Waals surface area contributed by atoms with Gasteiger partial charge < -0.3 is 4.90 Å². The second-order valence-electron chi connectivity index (χ2n) is 7.34. The second kappa shape index (κ2) is 8.91. The first kappa shape index (κ1) is 19.9. The van der Waals surface area contributed by atoms with Crippen LogP contribution in [0.25, 0.3) is 0 Å². The van der Waals surface area contributed by atoms with Gasteiger partial charge in [-0.3, -0.25) is 9.59 Å². The molecule has 2 atom stereocenters. The molecule has 2 heterocycles. The van der Waals surface area contributed by atoms with Gasteiger partial charge in [0.2, 0.25) is 5.91 Å². The number of nitrogens with one attached hydrogen (secondary N) is 1. The van der Waals surface area contributed by atoms with E-state index in [1.54, 1.807) is 0 Å². The van der Waals surface area contributed by atoms with Crippen LogP contribution in [-0.2, 0) is 11.2 Å². The van der Waals surface area contributed by atoms with E-state index in [1.165, 1.54) is 17.3 Å². The van der Waals surface area contributed by atoms with E-state index in [4.69, 9.17) is 0 Å². The molecule has 146 valence electrons. The molecule has 0 spiro atoms. The molecule has 0 saturated heterocycles. The number of benzene rings is 1. The van der Waals surface area contributed by atoms with Crippen LogP contribution in [0.5, 0.6) is 0 Å². The van der Waals surface area contributed by atoms with Crippen molar-refractivity contribution in [2.24, 2.45) is 11.0 Å². The monoisotopic (exact) mass is 387 g/mol. The van der Waals surface area contributed by atoms with Gasteiger partial charge in [0.1, 0.15) is 0 Å². The van der Waals surface area contributed by atoms with E-state index in [2.05, 4.69) is 36.5 Å². The summed E-state index contributed by atoms with van der Waals surface area (Å²) in [6, 6.07) is 6.24. The van der Waals surface area contributed by atoms with Crippen molar-refractivity contribution in [2.45, 2.75) is 64.5 Å². The minimum atomic E-state index is -0.112. The number of hydrogen-bond acceptors (Lipinski definition) is 4. The van der Waals surface area contributed by atoms with Crippen LogP contribution in [0, 0.1) is 5.92 Å². The van der Waals surface area contributed by atoms with Gasteiger partial charge in [0, 0.05) is 18.2 Å². The third-order valence-electron chi connectivity index (χ3n) is 5.44. The SMILES string of the molecule is CCCCC(CC)C(=O)N1CCCc2cc(C3=NNC(=O)SC3C)ccc21. The van der Waals surface area contributed by atoms with E-state index in [-0.39, 0.29) is 22.3 Å². The Hall–Kier alpha value is -1.82. The van der Waals surface area contributed by atoms with Crippen molar-refractivity contribution in [3.8, 4) is 0 Å². The molecule has 0 bridgehead atoms. The number of fused-ring (bicyclic) bond motifs is 1. The van der Waals surface area contributed by atoms with Crippen LogP contribution < -0.4 is 10.3 Å². The first-order chi connectivity index (χ1) is 13.0. The Balaban J connectivity index is 1.84. The number of anilines is 1. The molecule has 5 nitrogen and oxygen atoms in total. The van der Waals surface area contributed by atoms with Crippen LogP contribution in [0.2, 0.25) is 0 Å². The molecule has 2 unspecified atom stereocenters. The summed E-state index contributed by atoms with van der Waals surface area (Å²) in [6.07, 6.45) is 6.05. The molecule has 1 aromatic carbocycles. The van der Waals surface area contributed by atoms with E-state index in [0.717, 1.165) is 62.0 Å². The Morgan fingerprint density at radius 1 is 1.41 bits per heavy atom. The van der Waals surface area contributed by atoms with E-state index in [0.29, 0.717) is 0 Å². The topological polar surface area (TPSA) is 61.8 Å². The highest BCUT2D eigenvalue weighted by molar-refractivity contribution is 8.14. The maximum Gasteiger partial charge on any atom is 0.299 e. The number of aryl methyl sites for hydroxylation is 1. The molecule has 2 amide bonds. The van der Waals surface area contributed by atoms with Crippen molar-refractivity contribution in [1.82, 2.24) is 5.43 Å². The van der Waals surface area contributed by atoms with Gasteiger partial charge in [-0.15, -0.1) is 0 Å². The normalized spacial score (nSPS) is 20.6. The smallest absolute Gasteiger partial charge is 0.299 e. The molecule has 0 aliphatic carbocycles. The maximum atomic E-state index is 13.1. The highest BCUT2D eigenvalue weighted by Crippen LogP contribution is 2.32. The lowest BCUT2D eigenvalue weighted by molar-refractivity contribution is -0.122. The molecular formula is C21H29N3O2S. The van der Waals surface area contributed by atoms with Crippen molar-refractivity contribution >= 4 is 34.3 Å². The van der Waals surface area contributed by atoms with Crippen LogP contribution in [0.1, 0.15) is 64.0 Å². The summed E-state index contributed by atoms with van der Waals surface area (Å²) in [7, 11) is 0. The minimum absolute atomic E-state index is 0.0247. The predicted octanol–water partition coefficient (Wildman–Crippen LogP) is 4.73. The number of nitrogens with zero attached hydrogens (tertiary/aromatic N) is 2. The third-order valence-corrected chi connectivity index (χ3v) is 6.33. The lowest BCUT2D eigenvalue weighted by Gasteiger charge is -2.33. The molecule has 3 rings (SSSR count). The molecule has 27 heavy (non-hydrogen) atoms. The predicted molar refractivity (Wildman–Crippen MR) is 113 cm³/mol. The Labute approximate surface area is 166 Å². The van der Waals surface area contributed by atoms with Gasteiger partial charge in [0.05, 0.1) is 11.0 Å². The lowest BCUT2D eigenvalue weighted by Crippen LogP contribution is -2.39. The average molecular weight is 388 g/mol. The number of carbonyl (C=O) groups is 2. The molecule has 1 N–H and O–H groups in total. The fraction of sp³-hybridized carbons (Fsp3) is 0.571. The molecule has 0 radical (unpaired) electrons. The van der Waals surface area contributed by atoms with Crippen molar-refractivity contribution in [3.05, 3.63) is 29.3 Å². The Kier molecular flexibility index (Phi) is 6.58. The highest BCUT2D eigenvalue weighted by Gasteiger charge is 2.29. The largest absolute Gasteiger partial charge is 0.312 e. The van der Waals surface area contributed by atoms with Crippen molar-refractivity contribution in [1.29, 1.82) is 0 Å². The van der Waals surface area contributed by atoms with Gasteiger partial charge in [-0.05, 0) is 55.9 Å². The molecule has 2 aliphatic rings. The summed E-state index contributed by atoms with van der Waals surface area (Å²) < 4.78 is 0. The minimum Gasteiger partial charge on any atom is -0.312 e. The first-order valence-electron chi connectivity index (χ1n) is 10.0.